The molecule has 2 rings (SSSR count). The monoisotopic (exact) mass is 319 g/mol. The fraction of sp³-hybridized carbons (Fsp3) is 0.500. The van der Waals surface area contributed by atoms with E-state index in [2.05, 4.69) is 34.5 Å². The highest BCUT2D eigenvalue weighted by molar-refractivity contribution is 5.85. The summed E-state index contributed by atoms with van der Waals surface area (Å²) in [6.07, 6.45) is 1.09. The van der Waals surface area contributed by atoms with E-state index in [1.807, 2.05) is 0 Å². The van der Waals surface area contributed by atoms with Gasteiger partial charge in [0.25, 0.3) is 0 Å². The second-order valence-corrected chi connectivity index (χ2v) is 4.87. The van der Waals surface area contributed by atoms with Crippen molar-refractivity contribution in [3.05, 3.63) is 35.4 Å². The molecule has 1 aromatic carbocycles. The maximum atomic E-state index is 11.3. The van der Waals surface area contributed by atoms with Gasteiger partial charge in [-0.3, -0.25) is 9.69 Å². The van der Waals surface area contributed by atoms with Gasteiger partial charge in [-0.15, -0.1) is 24.8 Å². The molecule has 20 heavy (non-hydrogen) atoms. The third-order valence-corrected chi connectivity index (χ3v) is 3.35. The van der Waals surface area contributed by atoms with Crippen molar-refractivity contribution in [1.82, 2.24) is 10.2 Å². The Labute approximate surface area is 132 Å². The molecule has 4 nitrogen and oxygen atoms in total. The van der Waals surface area contributed by atoms with Gasteiger partial charge < -0.3 is 11.1 Å². The number of amides is 1. The molecular formula is C14H23Cl2N3O. The van der Waals surface area contributed by atoms with Gasteiger partial charge in [0.05, 0.1) is 6.04 Å². The van der Waals surface area contributed by atoms with Crippen molar-refractivity contribution in [3.63, 3.8) is 0 Å². The number of rotatable bonds is 4. The molecule has 0 saturated carbocycles. The number of benzene rings is 1. The van der Waals surface area contributed by atoms with E-state index in [-0.39, 0.29) is 30.7 Å². The van der Waals surface area contributed by atoms with Crippen molar-refractivity contribution in [1.29, 1.82) is 0 Å². The average molecular weight is 320 g/mol. The molecule has 1 aliphatic heterocycles. The summed E-state index contributed by atoms with van der Waals surface area (Å²) in [5.74, 6) is -0.0765. The average Bonchev–Trinajstić information content (AvgIpc) is 2.38. The van der Waals surface area contributed by atoms with E-state index in [9.17, 15) is 4.79 Å². The Morgan fingerprint density at radius 1 is 1.35 bits per heavy atom. The smallest absolute Gasteiger partial charge is 0.236 e. The van der Waals surface area contributed by atoms with E-state index in [1.54, 1.807) is 6.92 Å². The molecule has 0 bridgehead atoms. The Bertz CT molecular complexity index is 427. The summed E-state index contributed by atoms with van der Waals surface area (Å²) >= 11 is 0. The molecule has 0 aromatic heterocycles. The lowest BCUT2D eigenvalue weighted by molar-refractivity contribution is -0.122. The van der Waals surface area contributed by atoms with Gasteiger partial charge in [0.15, 0.2) is 0 Å². The van der Waals surface area contributed by atoms with Crippen LogP contribution in [0.5, 0.6) is 0 Å². The molecule has 0 unspecified atom stereocenters. The second-order valence-electron chi connectivity index (χ2n) is 4.87. The molecule has 0 spiro atoms. The highest BCUT2D eigenvalue weighted by Gasteiger charge is 2.15. The van der Waals surface area contributed by atoms with Crippen molar-refractivity contribution < 1.29 is 4.79 Å². The Morgan fingerprint density at radius 3 is 2.65 bits per heavy atom. The van der Waals surface area contributed by atoms with E-state index < -0.39 is 6.04 Å². The molecule has 0 saturated heterocycles. The number of nitrogens with zero attached hydrogens (tertiary/aromatic N) is 1. The predicted octanol–water partition coefficient (Wildman–Crippen LogP) is 1.35. The quantitative estimate of drug-likeness (QED) is 0.880. The molecule has 114 valence electrons. The Hall–Kier alpha value is -0.810. The molecule has 1 amide bonds. The van der Waals surface area contributed by atoms with Gasteiger partial charge in [-0.25, -0.2) is 0 Å². The van der Waals surface area contributed by atoms with Crippen LogP contribution in [0.4, 0.5) is 0 Å². The highest BCUT2D eigenvalue weighted by Crippen LogP contribution is 2.17. The fourth-order valence-corrected chi connectivity index (χ4v) is 2.24. The molecule has 1 aliphatic rings. The van der Waals surface area contributed by atoms with Crippen LogP contribution in [-0.2, 0) is 17.8 Å². The normalized spacial score (nSPS) is 15.3. The van der Waals surface area contributed by atoms with E-state index in [0.717, 1.165) is 26.1 Å². The van der Waals surface area contributed by atoms with Crippen LogP contribution in [-0.4, -0.2) is 36.5 Å². The molecule has 6 heteroatoms. The predicted molar refractivity (Wildman–Crippen MR) is 86.6 cm³/mol. The minimum Gasteiger partial charge on any atom is -0.353 e. The third kappa shape index (κ3) is 5.29. The van der Waals surface area contributed by atoms with Crippen LogP contribution in [0.3, 0.4) is 0 Å². The first-order valence-corrected chi connectivity index (χ1v) is 6.49. The fourth-order valence-electron chi connectivity index (χ4n) is 2.24. The van der Waals surface area contributed by atoms with E-state index in [1.165, 1.54) is 11.1 Å². The summed E-state index contributed by atoms with van der Waals surface area (Å²) in [6, 6.07) is 8.14. The first-order valence-electron chi connectivity index (χ1n) is 6.49. The lowest BCUT2D eigenvalue weighted by Gasteiger charge is -2.28. The summed E-state index contributed by atoms with van der Waals surface area (Å²) in [4.78, 5) is 13.7. The summed E-state index contributed by atoms with van der Waals surface area (Å²) < 4.78 is 0. The minimum absolute atomic E-state index is 0. The molecule has 3 N–H and O–H groups in total. The molecule has 0 fully saturated rings. The first-order chi connectivity index (χ1) is 8.66. The van der Waals surface area contributed by atoms with Crippen molar-refractivity contribution in [2.45, 2.75) is 25.9 Å². The number of hydrogen-bond donors (Lipinski definition) is 2. The third-order valence-electron chi connectivity index (χ3n) is 3.35. The van der Waals surface area contributed by atoms with Crippen LogP contribution in [0.15, 0.2) is 24.3 Å². The Balaban J connectivity index is 0.00000180. The molecule has 1 atom stereocenters. The van der Waals surface area contributed by atoms with Crippen LogP contribution in [0.1, 0.15) is 18.1 Å². The Kier molecular flexibility index (Phi) is 8.81. The zero-order chi connectivity index (χ0) is 13.0. The van der Waals surface area contributed by atoms with E-state index in [4.69, 9.17) is 5.73 Å². The summed E-state index contributed by atoms with van der Waals surface area (Å²) in [5, 5.41) is 2.85. The summed E-state index contributed by atoms with van der Waals surface area (Å²) in [7, 11) is 0. The standard InChI is InChI=1S/C14H21N3O.2ClH/c1-11(15)14(18)16-7-9-17-8-6-12-4-2-3-5-13(12)10-17;;/h2-5,11H,6-10,15H2,1H3,(H,16,18);2*1H/t11-;;/m1../s1. The number of halogens is 2. The maximum absolute atomic E-state index is 11.3. The molecule has 1 heterocycles. The van der Waals surface area contributed by atoms with Gasteiger partial charge >= 0.3 is 0 Å². The SMILES string of the molecule is C[C@@H](N)C(=O)NCCN1CCc2ccccc2C1.Cl.Cl. The van der Waals surface area contributed by atoms with Crippen molar-refractivity contribution >= 4 is 30.7 Å². The number of nitrogens with two attached hydrogens (primary N) is 1. The van der Waals surface area contributed by atoms with E-state index >= 15 is 0 Å². The number of carbonyl (C=O) groups excluding carboxylic acids is 1. The van der Waals surface area contributed by atoms with Gasteiger partial charge in [0, 0.05) is 26.2 Å². The van der Waals surface area contributed by atoms with Crippen LogP contribution in [0.2, 0.25) is 0 Å². The van der Waals surface area contributed by atoms with Crippen LogP contribution < -0.4 is 11.1 Å². The molecule has 1 aromatic rings. The Morgan fingerprint density at radius 2 is 2.00 bits per heavy atom. The minimum atomic E-state index is -0.424. The van der Waals surface area contributed by atoms with Crippen LogP contribution >= 0.6 is 24.8 Å². The maximum Gasteiger partial charge on any atom is 0.236 e. The second kappa shape index (κ2) is 9.19. The van der Waals surface area contributed by atoms with Gasteiger partial charge in [0.2, 0.25) is 5.91 Å². The van der Waals surface area contributed by atoms with Gasteiger partial charge in [-0.2, -0.15) is 0 Å². The lowest BCUT2D eigenvalue weighted by atomic mass is 10.00. The van der Waals surface area contributed by atoms with Crippen LogP contribution in [0.25, 0.3) is 0 Å². The zero-order valence-electron chi connectivity index (χ0n) is 11.7. The highest BCUT2D eigenvalue weighted by atomic mass is 35.5. The van der Waals surface area contributed by atoms with Crippen molar-refractivity contribution in [3.8, 4) is 0 Å². The van der Waals surface area contributed by atoms with Crippen molar-refractivity contribution in [2.75, 3.05) is 19.6 Å². The first kappa shape index (κ1) is 19.2. The molecular weight excluding hydrogens is 297 g/mol. The van der Waals surface area contributed by atoms with Gasteiger partial charge in [0.1, 0.15) is 0 Å². The van der Waals surface area contributed by atoms with Crippen molar-refractivity contribution in [2.24, 2.45) is 5.73 Å². The number of carbonyl (C=O) groups is 1. The molecule has 0 aliphatic carbocycles. The van der Waals surface area contributed by atoms with E-state index in [0.29, 0.717) is 6.54 Å². The van der Waals surface area contributed by atoms with Gasteiger partial charge in [-0.05, 0) is 24.5 Å². The number of hydrogen-bond acceptors (Lipinski definition) is 3. The van der Waals surface area contributed by atoms with Crippen LogP contribution in [0, 0.1) is 0 Å². The number of fused-ring (bicyclic) bond motifs is 1. The zero-order valence-corrected chi connectivity index (χ0v) is 13.3. The molecule has 0 radical (unpaired) electrons. The topological polar surface area (TPSA) is 58.4 Å². The number of nitrogens with one attached hydrogen (secondary N) is 1. The largest absolute Gasteiger partial charge is 0.353 e. The summed E-state index contributed by atoms with van der Waals surface area (Å²) in [5.41, 5.74) is 8.35. The summed E-state index contributed by atoms with van der Waals surface area (Å²) in [6.45, 7) is 5.29. The lowest BCUT2D eigenvalue weighted by Crippen LogP contribution is -2.43. The van der Waals surface area contributed by atoms with Gasteiger partial charge in [-0.1, -0.05) is 24.3 Å².